The van der Waals surface area contributed by atoms with Crippen molar-refractivity contribution in [3.63, 3.8) is 0 Å². The zero-order chi connectivity index (χ0) is 22.6. The molecule has 1 aromatic carbocycles. The van der Waals surface area contributed by atoms with Gasteiger partial charge in [0, 0.05) is 12.6 Å². The summed E-state index contributed by atoms with van der Waals surface area (Å²) in [6.45, 7) is 17.8. The predicted molar refractivity (Wildman–Crippen MR) is 129 cm³/mol. The van der Waals surface area contributed by atoms with E-state index in [-0.39, 0.29) is 11.1 Å². The van der Waals surface area contributed by atoms with Crippen LogP contribution in [0, 0.1) is 6.92 Å². The number of hydrogen-bond acceptors (Lipinski definition) is 3. The lowest BCUT2D eigenvalue weighted by Gasteiger charge is -2.35. The summed E-state index contributed by atoms with van der Waals surface area (Å²) in [6.07, 6.45) is 9.43. The molecule has 1 atom stereocenters. The Balaban J connectivity index is 2.13. The molecule has 0 N–H and O–H groups in total. The molecule has 4 nitrogen and oxygen atoms in total. The Hall–Kier alpha value is -1.47. The third kappa shape index (κ3) is 6.03. The monoisotopic (exact) mass is 447 g/mol. The van der Waals surface area contributed by atoms with E-state index in [2.05, 4.69) is 46.5 Å². The zero-order valence-electron chi connectivity index (χ0n) is 19.3. The molecule has 0 bridgehead atoms. The molecule has 1 aromatic rings. The molecule has 0 saturated heterocycles. The van der Waals surface area contributed by atoms with Gasteiger partial charge >= 0.3 is 0 Å². The van der Waals surface area contributed by atoms with Gasteiger partial charge in [0.1, 0.15) is 0 Å². The Morgan fingerprint density at radius 3 is 2.43 bits per heavy atom. The van der Waals surface area contributed by atoms with E-state index in [1.165, 1.54) is 0 Å². The van der Waals surface area contributed by atoms with Gasteiger partial charge in [0.2, 0.25) is 10.0 Å². The summed E-state index contributed by atoms with van der Waals surface area (Å²) in [5, 5.41) is 0.169. The van der Waals surface area contributed by atoms with Crippen molar-refractivity contribution in [3.8, 4) is 0 Å². The molecular formula is C24H37NO3SSi. The van der Waals surface area contributed by atoms with Crippen molar-refractivity contribution >= 4 is 18.3 Å². The minimum atomic E-state index is -3.55. The number of allylic oxidation sites excluding steroid dienone is 1. The van der Waals surface area contributed by atoms with Crippen LogP contribution in [0.3, 0.4) is 0 Å². The highest BCUT2D eigenvalue weighted by atomic mass is 32.2. The van der Waals surface area contributed by atoms with Gasteiger partial charge in [-0.25, -0.2) is 8.42 Å². The fourth-order valence-electron chi connectivity index (χ4n) is 3.09. The van der Waals surface area contributed by atoms with Crippen molar-refractivity contribution in [1.82, 2.24) is 4.31 Å². The zero-order valence-corrected chi connectivity index (χ0v) is 21.1. The normalized spacial score (nSPS) is 18.7. The Morgan fingerprint density at radius 1 is 1.23 bits per heavy atom. The second-order valence-corrected chi connectivity index (χ2v) is 16.2. The molecule has 6 heteroatoms. The molecule has 30 heavy (non-hydrogen) atoms. The maximum Gasteiger partial charge on any atom is 0.243 e. The van der Waals surface area contributed by atoms with E-state index >= 15 is 0 Å². The Morgan fingerprint density at radius 2 is 1.87 bits per heavy atom. The van der Waals surface area contributed by atoms with Crippen LogP contribution in [0.25, 0.3) is 0 Å². The summed E-state index contributed by atoms with van der Waals surface area (Å²) in [4.78, 5) is 0.344. The molecule has 1 heterocycles. The molecule has 0 amide bonds. The van der Waals surface area contributed by atoms with Crippen LogP contribution in [-0.2, 0) is 14.4 Å². The lowest BCUT2D eigenvalue weighted by atomic mass is 10.1. The molecule has 166 valence electrons. The molecule has 0 spiro atoms. The van der Waals surface area contributed by atoms with Crippen LogP contribution in [0.1, 0.15) is 39.2 Å². The fraction of sp³-hybridized carbons (Fsp3) is 0.500. The SMILES string of the molecule is C=CCCC1C=C(/C=C\CO[Si](C)(C)C(C)(C)C)CN1S(=O)(=O)c1ccc(C)cc1. The average molecular weight is 448 g/mol. The van der Waals surface area contributed by atoms with Crippen LogP contribution in [-0.4, -0.2) is 40.2 Å². The van der Waals surface area contributed by atoms with Gasteiger partial charge in [-0.05, 0) is 55.6 Å². The van der Waals surface area contributed by atoms with Gasteiger partial charge in [-0.15, -0.1) is 6.58 Å². The molecule has 0 fully saturated rings. The molecule has 0 aromatic heterocycles. The molecule has 0 radical (unpaired) electrons. The topological polar surface area (TPSA) is 46.6 Å². The van der Waals surface area contributed by atoms with Crippen LogP contribution < -0.4 is 0 Å². The smallest absolute Gasteiger partial charge is 0.243 e. The Bertz CT molecular complexity index is 893. The third-order valence-electron chi connectivity index (χ3n) is 6.09. The first kappa shape index (κ1) is 24.8. The molecule has 0 aliphatic carbocycles. The average Bonchev–Trinajstić information content (AvgIpc) is 3.07. The molecule has 1 unspecified atom stereocenters. The molecular weight excluding hydrogens is 410 g/mol. The van der Waals surface area contributed by atoms with E-state index in [0.29, 0.717) is 18.0 Å². The van der Waals surface area contributed by atoms with Crippen molar-refractivity contribution in [1.29, 1.82) is 0 Å². The fourth-order valence-corrected chi connectivity index (χ4v) is 5.62. The van der Waals surface area contributed by atoms with E-state index in [1.54, 1.807) is 16.4 Å². The summed E-state index contributed by atoms with van der Waals surface area (Å²) in [5.41, 5.74) is 2.06. The number of aryl methyl sites for hydroxylation is 1. The number of sulfonamides is 1. The van der Waals surface area contributed by atoms with E-state index in [9.17, 15) is 8.42 Å². The summed E-state index contributed by atoms with van der Waals surface area (Å²) in [6, 6.07) is 6.91. The molecule has 1 aliphatic heterocycles. The third-order valence-corrected chi connectivity index (χ3v) is 12.5. The first-order chi connectivity index (χ1) is 13.9. The maximum atomic E-state index is 13.3. The molecule has 2 rings (SSSR count). The standard InChI is InChI=1S/C24H37NO3SSi/c1-8-9-12-22-18-21(11-10-17-28-30(6,7)24(3,4)5)19-25(22)29(26,27)23-15-13-20(2)14-16-23/h8,10-11,13-16,18,22H,1,9,12,17,19H2,2-7H3/b11-10-. The number of rotatable bonds is 9. The van der Waals surface area contributed by atoms with Crippen molar-refractivity contribution in [3.05, 3.63) is 66.3 Å². The van der Waals surface area contributed by atoms with Crippen molar-refractivity contribution in [2.24, 2.45) is 0 Å². The van der Waals surface area contributed by atoms with Crippen LogP contribution in [0.2, 0.25) is 18.1 Å². The molecule has 0 saturated carbocycles. The minimum absolute atomic E-state index is 0.157. The molecule has 1 aliphatic rings. The lowest BCUT2D eigenvalue weighted by molar-refractivity contribution is 0.328. The van der Waals surface area contributed by atoms with Crippen molar-refractivity contribution in [2.45, 2.75) is 69.6 Å². The maximum absolute atomic E-state index is 13.3. The van der Waals surface area contributed by atoms with Gasteiger partial charge in [-0.3, -0.25) is 0 Å². The quantitative estimate of drug-likeness (QED) is 0.353. The predicted octanol–water partition coefficient (Wildman–Crippen LogP) is 5.84. The van der Waals surface area contributed by atoms with Crippen LogP contribution in [0.4, 0.5) is 0 Å². The first-order valence-electron chi connectivity index (χ1n) is 10.6. The Kier molecular flexibility index (Phi) is 8.07. The Labute approximate surface area is 184 Å². The van der Waals surface area contributed by atoms with Gasteiger partial charge in [-0.2, -0.15) is 4.31 Å². The second-order valence-electron chi connectivity index (χ2n) is 9.51. The van der Waals surface area contributed by atoms with Gasteiger partial charge in [0.15, 0.2) is 8.32 Å². The highest BCUT2D eigenvalue weighted by Crippen LogP contribution is 2.36. The van der Waals surface area contributed by atoms with Crippen LogP contribution in [0.5, 0.6) is 0 Å². The van der Waals surface area contributed by atoms with Gasteiger partial charge in [0.25, 0.3) is 0 Å². The van der Waals surface area contributed by atoms with Crippen LogP contribution in [0.15, 0.2) is 65.6 Å². The second kappa shape index (κ2) is 9.77. The number of hydrogen-bond donors (Lipinski definition) is 0. The minimum Gasteiger partial charge on any atom is -0.413 e. The van der Waals surface area contributed by atoms with E-state index in [4.69, 9.17) is 4.43 Å². The lowest BCUT2D eigenvalue weighted by Crippen LogP contribution is -2.40. The van der Waals surface area contributed by atoms with Gasteiger partial charge in [-0.1, -0.05) is 62.8 Å². The summed E-state index contributed by atoms with van der Waals surface area (Å²) in [5.74, 6) is 0. The summed E-state index contributed by atoms with van der Waals surface area (Å²) >= 11 is 0. The highest BCUT2D eigenvalue weighted by molar-refractivity contribution is 7.89. The van der Waals surface area contributed by atoms with E-state index in [1.807, 2.05) is 37.3 Å². The number of benzene rings is 1. The first-order valence-corrected chi connectivity index (χ1v) is 14.9. The van der Waals surface area contributed by atoms with Gasteiger partial charge < -0.3 is 4.43 Å². The van der Waals surface area contributed by atoms with E-state index in [0.717, 1.165) is 24.0 Å². The highest BCUT2D eigenvalue weighted by Gasteiger charge is 2.37. The van der Waals surface area contributed by atoms with Crippen molar-refractivity contribution < 1.29 is 12.8 Å². The summed E-state index contributed by atoms with van der Waals surface area (Å²) in [7, 11) is -5.35. The van der Waals surface area contributed by atoms with E-state index < -0.39 is 18.3 Å². The largest absolute Gasteiger partial charge is 0.413 e. The summed E-state index contributed by atoms with van der Waals surface area (Å²) < 4.78 is 34.3. The van der Waals surface area contributed by atoms with Gasteiger partial charge in [0.05, 0.1) is 11.5 Å². The number of nitrogens with zero attached hydrogens (tertiary/aromatic N) is 1. The van der Waals surface area contributed by atoms with Crippen LogP contribution >= 0.6 is 0 Å². The van der Waals surface area contributed by atoms with Crippen molar-refractivity contribution in [2.75, 3.05) is 13.2 Å².